The topological polar surface area (TPSA) is 49.0 Å². The van der Waals surface area contributed by atoms with Crippen LogP contribution in [0, 0.1) is 0 Å². The maximum absolute atomic E-state index is 12.2. The van der Waals surface area contributed by atoms with E-state index >= 15 is 0 Å². The van der Waals surface area contributed by atoms with Crippen molar-refractivity contribution < 1.29 is 4.79 Å². The molecule has 92 valence electrons. The first-order valence-electron chi connectivity index (χ1n) is 5.44. The van der Waals surface area contributed by atoms with E-state index in [1.807, 2.05) is 18.5 Å². The van der Waals surface area contributed by atoms with E-state index in [1.54, 1.807) is 40.0 Å². The molecule has 3 rings (SSSR count). The number of thiophene rings is 2. The highest BCUT2D eigenvalue weighted by atomic mass is 32.1. The summed E-state index contributed by atoms with van der Waals surface area (Å²) in [6.45, 7) is 0.570. The molecule has 0 saturated heterocycles. The fraction of sp³-hybridized carbons (Fsp3) is 0.167. The van der Waals surface area contributed by atoms with E-state index in [-0.39, 0.29) is 5.91 Å². The lowest BCUT2D eigenvalue weighted by molar-refractivity contribution is 0.0790. The lowest BCUT2D eigenvalue weighted by atomic mass is 10.3. The third kappa shape index (κ3) is 2.04. The SMILES string of the molecule is CN(Cc1cn[nH]c1)C(=O)c1cc2sccc2s1. The summed E-state index contributed by atoms with van der Waals surface area (Å²) in [7, 11) is 1.81. The van der Waals surface area contributed by atoms with Gasteiger partial charge in [-0.15, -0.1) is 22.7 Å². The van der Waals surface area contributed by atoms with E-state index in [1.165, 1.54) is 9.40 Å². The number of aromatic nitrogens is 2. The van der Waals surface area contributed by atoms with Crippen LogP contribution in [0.25, 0.3) is 9.40 Å². The Hall–Kier alpha value is -1.66. The molecule has 18 heavy (non-hydrogen) atoms. The second-order valence-corrected chi connectivity index (χ2v) is 6.06. The van der Waals surface area contributed by atoms with Gasteiger partial charge in [0.05, 0.1) is 11.1 Å². The van der Waals surface area contributed by atoms with Gasteiger partial charge in [-0.05, 0) is 17.5 Å². The lowest BCUT2D eigenvalue weighted by Crippen LogP contribution is -2.25. The summed E-state index contributed by atoms with van der Waals surface area (Å²) >= 11 is 3.22. The summed E-state index contributed by atoms with van der Waals surface area (Å²) in [5.74, 6) is 0.0598. The van der Waals surface area contributed by atoms with Gasteiger partial charge in [-0.1, -0.05) is 0 Å². The van der Waals surface area contributed by atoms with Gasteiger partial charge in [0, 0.05) is 34.8 Å². The molecular weight excluding hydrogens is 266 g/mol. The van der Waals surface area contributed by atoms with Crippen LogP contribution >= 0.6 is 22.7 Å². The Morgan fingerprint density at radius 3 is 3.11 bits per heavy atom. The number of amides is 1. The summed E-state index contributed by atoms with van der Waals surface area (Å²) in [5, 5.41) is 8.67. The summed E-state index contributed by atoms with van der Waals surface area (Å²) in [5.41, 5.74) is 1.00. The summed E-state index contributed by atoms with van der Waals surface area (Å²) < 4.78 is 2.36. The Morgan fingerprint density at radius 1 is 1.50 bits per heavy atom. The van der Waals surface area contributed by atoms with Gasteiger partial charge in [-0.2, -0.15) is 5.10 Å². The average Bonchev–Trinajstić information content (AvgIpc) is 3.02. The zero-order valence-electron chi connectivity index (χ0n) is 9.71. The minimum absolute atomic E-state index is 0.0598. The van der Waals surface area contributed by atoms with Gasteiger partial charge in [0.2, 0.25) is 0 Å². The number of fused-ring (bicyclic) bond motifs is 1. The van der Waals surface area contributed by atoms with Crippen molar-refractivity contribution in [2.24, 2.45) is 0 Å². The first-order valence-corrected chi connectivity index (χ1v) is 7.14. The molecule has 3 heterocycles. The van der Waals surface area contributed by atoms with Crippen LogP contribution in [0.5, 0.6) is 0 Å². The minimum atomic E-state index is 0.0598. The Kier molecular flexibility index (Phi) is 2.89. The van der Waals surface area contributed by atoms with Crippen LogP contribution in [0.2, 0.25) is 0 Å². The molecular formula is C12H11N3OS2. The molecule has 6 heteroatoms. The van der Waals surface area contributed by atoms with Crippen molar-refractivity contribution in [1.29, 1.82) is 0 Å². The number of carbonyl (C=O) groups excluding carboxylic acids is 1. The predicted octanol–water partition coefficient (Wildman–Crippen LogP) is 2.96. The predicted molar refractivity (Wildman–Crippen MR) is 74.1 cm³/mol. The molecule has 0 fully saturated rings. The van der Waals surface area contributed by atoms with Gasteiger partial charge in [0.25, 0.3) is 5.91 Å². The number of H-pyrrole nitrogens is 1. The molecule has 0 bridgehead atoms. The molecule has 0 saturated carbocycles. The number of nitrogens with one attached hydrogen (secondary N) is 1. The second-order valence-electron chi connectivity index (χ2n) is 4.03. The molecule has 1 amide bonds. The van der Waals surface area contributed by atoms with Gasteiger partial charge in [-0.3, -0.25) is 9.89 Å². The van der Waals surface area contributed by atoms with Crippen LogP contribution in [0.15, 0.2) is 29.9 Å². The second kappa shape index (κ2) is 4.55. The van der Waals surface area contributed by atoms with Crippen LogP contribution in [0.1, 0.15) is 15.2 Å². The van der Waals surface area contributed by atoms with Gasteiger partial charge in [0.1, 0.15) is 0 Å². The van der Waals surface area contributed by atoms with Crippen LogP contribution in [0.3, 0.4) is 0 Å². The smallest absolute Gasteiger partial charge is 0.264 e. The van der Waals surface area contributed by atoms with Crippen molar-refractivity contribution in [3.05, 3.63) is 40.3 Å². The largest absolute Gasteiger partial charge is 0.337 e. The maximum atomic E-state index is 12.2. The van der Waals surface area contributed by atoms with Crippen molar-refractivity contribution in [3.63, 3.8) is 0 Å². The fourth-order valence-corrected chi connectivity index (χ4v) is 3.87. The molecule has 0 aliphatic heterocycles. The normalized spacial score (nSPS) is 10.9. The Labute approximate surface area is 112 Å². The van der Waals surface area contributed by atoms with Crippen LogP contribution in [-0.4, -0.2) is 28.1 Å². The van der Waals surface area contributed by atoms with Crippen LogP contribution in [-0.2, 0) is 6.54 Å². The molecule has 4 nitrogen and oxygen atoms in total. The number of nitrogens with zero attached hydrogens (tertiary/aromatic N) is 2. The summed E-state index contributed by atoms with van der Waals surface area (Å²) in [6, 6.07) is 4.02. The molecule has 0 aliphatic carbocycles. The molecule has 0 radical (unpaired) electrons. The Balaban J connectivity index is 1.79. The van der Waals surface area contributed by atoms with Crippen LogP contribution in [0.4, 0.5) is 0 Å². The van der Waals surface area contributed by atoms with E-state index in [0.717, 1.165) is 10.4 Å². The summed E-state index contributed by atoms with van der Waals surface area (Å²) in [4.78, 5) is 14.8. The molecule has 0 spiro atoms. The minimum Gasteiger partial charge on any atom is -0.337 e. The third-order valence-corrected chi connectivity index (χ3v) is 4.75. The van der Waals surface area contributed by atoms with Crippen molar-refractivity contribution in [2.45, 2.75) is 6.54 Å². The van der Waals surface area contributed by atoms with E-state index in [0.29, 0.717) is 6.54 Å². The number of rotatable bonds is 3. The zero-order valence-corrected chi connectivity index (χ0v) is 11.3. The molecule has 1 N–H and O–H groups in total. The number of hydrogen-bond donors (Lipinski definition) is 1. The standard InChI is InChI=1S/C12H11N3OS2/c1-15(7-8-5-13-14-6-8)12(16)11-4-10-9(18-11)2-3-17-10/h2-6H,7H2,1H3,(H,13,14). The highest BCUT2D eigenvalue weighted by molar-refractivity contribution is 7.27. The average molecular weight is 277 g/mol. The van der Waals surface area contributed by atoms with Gasteiger partial charge < -0.3 is 4.90 Å². The monoisotopic (exact) mass is 277 g/mol. The highest BCUT2D eigenvalue weighted by Gasteiger charge is 2.15. The van der Waals surface area contributed by atoms with E-state index in [9.17, 15) is 4.79 Å². The van der Waals surface area contributed by atoms with E-state index < -0.39 is 0 Å². The quantitative estimate of drug-likeness (QED) is 0.800. The van der Waals surface area contributed by atoms with Gasteiger partial charge >= 0.3 is 0 Å². The van der Waals surface area contributed by atoms with Gasteiger partial charge in [-0.25, -0.2) is 0 Å². The first-order chi connectivity index (χ1) is 8.74. The number of hydrogen-bond acceptors (Lipinski definition) is 4. The highest BCUT2D eigenvalue weighted by Crippen LogP contribution is 2.30. The van der Waals surface area contributed by atoms with Crippen molar-refractivity contribution in [1.82, 2.24) is 15.1 Å². The van der Waals surface area contributed by atoms with Crippen LogP contribution < -0.4 is 0 Å². The Bertz CT molecular complexity index is 640. The van der Waals surface area contributed by atoms with E-state index in [4.69, 9.17) is 0 Å². The first kappa shape index (κ1) is 11.4. The maximum Gasteiger partial charge on any atom is 0.264 e. The van der Waals surface area contributed by atoms with Crippen molar-refractivity contribution in [2.75, 3.05) is 7.05 Å². The third-order valence-electron chi connectivity index (χ3n) is 2.67. The number of carbonyl (C=O) groups is 1. The molecule has 0 aliphatic rings. The van der Waals surface area contributed by atoms with Gasteiger partial charge in [0.15, 0.2) is 0 Å². The van der Waals surface area contributed by atoms with Crippen molar-refractivity contribution in [3.8, 4) is 0 Å². The summed E-state index contributed by atoms with van der Waals surface area (Å²) in [6.07, 6.45) is 3.54. The molecule has 3 aromatic heterocycles. The lowest BCUT2D eigenvalue weighted by Gasteiger charge is -2.14. The number of aromatic amines is 1. The Morgan fingerprint density at radius 2 is 2.39 bits per heavy atom. The molecule has 0 aromatic carbocycles. The zero-order chi connectivity index (χ0) is 12.5. The molecule has 0 unspecified atom stereocenters. The fourth-order valence-electron chi connectivity index (χ4n) is 1.77. The van der Waals surface area contributed by atoms with Crippen molar-refractivity contribution >= 4 is 38.0 Å². The molecule has 3 aromatic rings. The van der Waals surface area contributed by atoms with E-state index in [2.05, 4.69) is 16.3 Å². The molecule has 0 atom stereocenters.